The molecule has 0 aromatic rings. The van der Waals surface area contributed by atoms with Crippen molar-refractivity contribution in [2.45, 2.75) is 39.8 Å². The van der Waals surface area contributed by atoms with Crippen LogP contribution in [0.3, 0.4) is 0 Å². The Morgan fingerprint density at radius 3 is 2.27 bits per heavy atom. The second-order valence-corrected chi connectivity index (χ2v) is 3.68. The molecule has 0 saturated carbocycles. The van der Waals surface area contributed by atoms with Gasteiger partial charge in [-0.25, -0.2) is 0 Å². The Labute approximate surface area is 93.0 Å². The number of carbonyl (C=O) groups excluding carboxylic acids is 1. The normalized spacial score (nSPS) is 14.7. The molecule has 90 valence electrons. The van der Waals surface area contributed by atoms with Crippen molar-refractivity contribution in [1.29, 1.82) is 0 Å². The first-order valence-electron chi connectivity index (χ1n) is 5.60. The Morgan fingerprint density at radius 1 is 1.33 bits per heavy atom. The minimum atomic E-state index is 0.120. The number of ether oxygens (including phenoxy) is 1. The fourth-order valence-electron chi connectivity index (χ4n) is 1.31. The summed E-state index contributed by atoms with van der Waals surface area (Å²) in [7, 11) is 1.68. The summed E-state index contributed by atoms with van der Waals surface area (Å²) < 4.78 is 5.17. The summed E-state index contributed by atoms with van der Waals surface area (Å²) in [5.41, 5.74) is 0. The molecule has 2 atom stereocenters. The Morgan fingerprint density at radius 2 is 1.87 bits per heavy atom. The van der Waals surface area contributed by atoms with E-state index in [1.165, 1.54) is 0 Å². The maximum Gasteiger partial charge on any atom is 0.236 e. The predicted octanol–water partition coefficient (Wildman–Crippen LogP) is 0.868. The second-order valence-electron chi connectivity index (χ2n) is 3.68. The van der Waals surface area contributed by atoms with Crippen LogP contribution in [-0.2, 0) is 9.53 Å². The summed E-state index contributed by atoms with van der Waals surface area (Å²) in [6.07, 6.45) is 0.120. The van der Waals surface area contributed by atoms with E-state index in [1.54, 1.807) is 7.11 Å². The Kier molecular flexibility index (Phi) is 7.34. The van der Waals surface area contributed by atoms with E-state index in [0.717, 1.165) is 13.1 Å². The largest absolute Gasteiger partial charge is 0.380 e. The molecule has 0 saturated heterocycles. The lowest BCUT2D eigenvalue weighted by molar-refractivity contribution is -0.130. The molecule has 0 radical (unpaired) electrons. The van der Waals surface area contributed by atoms with Crippen LogP contribution in [0.5, 0.6) is 0 Å². The van der Waals surface area contributed by atoms with E-state index in [2.05, 4.69) is 5.32 Å². The van der Waals surface area contributed by atoms with Crippen molar-refractivity contribution in [2.75, 3.05) is 26.7 Å². The number of nitrogens with one attached hydrogen (secondary N) is 1. The summed E-state index contributed by atoms with van der Waals surface area (Å²) in [6.45, 7) is 9.90. The van der Waals surface area contributed by atoms with Crippen LogP contribution in [0.4, 0.5) is 0 Å². The minimum Gasteiger partial charge on any atom is -0.380 e. The molecular formula is C11H24N2O2. The highest BCUT2D eigenvalue weighted by Crippen LogP contribution is 1.96. The molecule has 0 fully saturated rings. The quantitative estimate of drug-likeness (QED) is 0.686. The second kappa shape index (κ2) is 7.65. The van der Waals surface area contributed by atoms with Gasteiger partial charge in [0.1, 0.15) is 0 Å². The van der Waals surface area contributed by atoms with Gasteiger partial charge in [-0.05, 0) is 27.7 Å². The Balaban J connectivity index is 3.89. The van der Waals surface area contributed by atoms with Crippen LogP contribution in [0.25, 0.3) is 0 Å². The molecule has 4 heteroatoms. The fraction of sp³-hybridized carbons (Fsp3) is 0.909. The third kappa shape index (κ3) is 5.14. The van der Waals surface area contributed by atoms with Gasteiger partial charge in [0.25, 0.3) is 0 Å². The van der Waals surface area contributed by atoms with E-state index in [9.17, 15) is 4.79 Å². The zero-order valence-electron chi connectivity index (χ0n) is 10.5. The molecule has 0 aliphatic rings. The number of hydrogen-bond donors (Lipinski definition) is 1. The average Bonchev–Trinajstić information content (AvgIpc) is 2.26. The van der Waals surface area contributed by atoms with Crippen LogP contribution in [0.2, 0.25) is 0 Å². The highest BCUT2D eigenvalue weighted by atomic mass is 16.5. The molecule has 0 aromatic carbocycles. The third-order valence-electron chi connectivity index (χ3n) is 2.77. The minimum absolute atomic E-state index is 0.120. The molecule has 0 rings (SSSR count). The topological polar surface area (TPSA) is 41.6 Å². The number of amides is 1. The molecule has 1 amide bonds. The van der Waals surface area contributed by atoms with Crippen LogP contribution in [0.15, 0.2) is 0 Å². The van der Waals surface area contributed by atoms with Crippen molar-refractivity contribution >= 4 is 5.91 Å². The number of hydrogen-bond acceptors (Lipinski definition) is 3. The molecule has 15 heavy (non-hydrogen) atoms. The molecule has 4 nitrogen and oxygen atoms in total. The molecular weight excluding hydrogens is 192 g/mol. The van der Waals surface area contributed by atoms with Crippen LogP contribution < -0.4 is 5.32 Å². The van der Waals surface area contributed by atoms with Crippen LogP contribution in [0, 0.1) is 0 Å². The van der Waals surface area contributed by atoms with E-state index in [4.69, 9.17) is 4.74 Å². The monoisotopic (exact) mass is 216 g/mol. The summed E-state index contributed by atoms with van der Waals surface area (Å²) in [5.74, 6) is 0.148. The highest BCUT2D eigenvalue weighted by molar-refractivity contribution is 5.78. The van der Waals surface area contributed by atoms with Gasteiger partial charge >= 0.3 is 0 Å². The standard InChI is InChI=1S/C11H24N2O2/c1-6-13(7-2)11(14)8-12-9(3)10(4)15-5/h9-10,12H,6-8H2,1-5H3. The van der Waals surface area contributed by atoms with Crippen molar-refractivity contribution in [2.24, 2.45) is 0 Å². The summed E-state index contributed by atoms with van der Waals surface area (Å²) in [5, 5.41) is 3.17. The van der Waals surface area contributed by atoms with Gasteiger partial charge in [-0.1, -0.05) is 0 Å². The molecule has 2 unspecified atom stereocenters. The van der Waals surface area contributed by atoms with Gasteiger partial charge in [-0.2, -0.15) is 0 Å². The Bertz CT molecular complexity index is 181. The maximum absolute atomic E-state index is 11.6. The first kappa shape index (κ1) is 14.4. The lowest BCUT2D eigenvalue weighted by atomic mass is 10.2. The van der Waals surface area contributed by atoms with Gasteiger partial charge in [-0.15, -0.1) is 0 Å². The van der Waals surface area contributed by atoms with Crippen molar-refractivity contribution in [3.63, 3.8) is 0 Å². The first-order valence-corrected chi connectivity index (χ1v) is 5.60. The highest BCUT2D eigenvalue weighted by Gasteiger charge is 2.14. The average molecular weight is 216 g/mol. The van der Waals surface area contributed by atoms with Gasteiger partial charge in [-0.3, -0.25) is 4.79 Å². The third-order valence-corrected chi connectivity index (χ3v) is 2.77. The van der Waals surface area contributed by atoms with E-state index in [0.29, 0.717) is 6.54 Å². The predicted molar refractivity (Wildman–Crippen MR) is 61.9 cm³/mol. The fourth-order valence-corrected chi connectivity index (χ4v) is 1.31. The van der Waals surface area contributed by atoms with Gasteiger partial charge in [0.15, 0.2) is 0 Å². The van der Waals surface area contributed by atoms with Crippen molar-refractivity contribution in [3.05, 3.63) is 0 Å². The van der Waals surface area contributed by atoms with Gasteiger partial charge in [0.05, 0.1) is 12.6 Å². The number of methoxy groups -OCH3 is 1. The van der Waals surface area contributed by atoms with Crippen molar-refractivity contribution in [1.82, 2.24) is 10.2 Å². The van der Waals surface area contributed by atoms with Crippen molar-refractivity contribution in [3.8, 4) is 0 Å². The zero-order valence-corrected chi connectivity index (χ0v) is 10.5. The molecule has 0 spiro atoms. The van der Waals surface area contributed by atoms with Gasteiger partial charge in [0, 0.05) is 26.2 Å². The number of nitrogens with zero attached hydrogens (tertiary/aromatic N) is 1. The number of carbonyl (C=O) groups is 1. The van der Waals surface area contributed by atoms with Gasteiger partial charge in [0.2, 0.25) is 5.91 Å². The van der Waals surface area contributed by atoms with E-state index in [1.807, 2.05) is 32.6 Å². The number of rotatable bonds is 7. The SMILES string of the molecule is CCN(CC)C(=O)CNC(C)C(C)OC. The first-order chi connectivity index (χ1) is 7.06. The van der Waals surface area contributed by atoms with Crippen molar-refractivity contribution < 1.29 is 9.53 Å². The summed E-state index contributed by atoms with van der Waals surface area (Å²) >= 11 is 0. The lowest BCUT2D eigenvalue weighted by Gasteiger charge is -2.23. The number of likely N-dealkylation sites (N-methyl/N-ethyl adjacent to an activating group) is 1. The van der Waals surface area contributed by atoms with E-state index >= 15 is 0 Å². The molecule has 0 heterocycles. The van der Waals surface area contributed by atoms with Gasteiger partial charge < -0.3 is 15.0 Å². The van der Waals surface area contributed by atoms with E-state index < -0.39 is 0 Å². The van der Waals surface area contributed by atoms with Crippen LogP contribution >= 0.6 is 0 Å². The molecule has 0 bridgehead atoms. The molecule has 0 aliphatic carbocycles. The Hall–Kier alpha value is -0.610. The lowest BCUT2D eigenvalue weighted by Crippen LogP contribution is -2.44. The zero-order chi connectivity index (χ0) is 11.8. The smallest absolute Gasteiger partial charge is 0.236 e. The maximum atomic E-state index is 11.6. The summed E-state index contributed by atoms with van der Waals surface area (Å²) in [4.78, 5) is 13.5. The summed E-state index contributed by atoms with van der Waals surface area (Å²) in [6, 6.07) is 0.189. The van der Waals surface area contributed by atoms with Crippen LogP contribution in [0.1, 0.15) is 27.7 Å². The van der Waals surface area contributed by atoms with Crippen LogP contribution in [-0.4, -0.2) is 49.7 Å². The molecule has 0 aliphatic heterocycles. The van der Waals surface area contributed by atoms with E-state index in [-0.39, 0.29) is 18.1 Å². The molecule has 1 N–H and O–H groups in total. The molecule has 0 aromatic heterocycles.